The molecule has 3 aromatic rings. The highest BCUT2D eigenvalue weighted by Gasteiger charge is 2.25. The molecule has 25 heavy (non-hydrogen) atoms. The Balaban J connectivity index is 2.00. The molecule has 3 heterocycles. The van der Waals surface area contributed by atoms with Crippen LogP contribution in [-0.2, 0) is 14.1 Å². The van der Waals surface area contributed by atoms with Crippen LogP contribution >= 0.6 is 0 Å². The molecule has 0 spiro atoms. The Morgan fingerprint density at radius 3 is 2.68 bits per heavy atom. The van der Waals surface area contributed by atoms with Gasteiger partial charge in [0, 0.05) is 32.5 Å². The first-order valence-electron chi connectivity index (χ1n) is 7.99. The van der Waals surface area contributed by atoms with Crippen LogP contribution < -0.4 is 10.9 Å². The van der Waals surface area contributed by atoms with E-state index in [4.69, 9.17) is 0 Å². The Hall–Kier alpha value is -2.81. The number of aromatic nitrogens is 6. The van der Waals surface area contributed by atoms with Gasteiger partial charge >= 0.3 is 0 Å². The fourth-order valence-electron chi connectivity index (χ4n) is 3.04. The maximum atomic E-state index is 12.2. The van der Waals surface area contributed by atoms with E-state index in [0.717, 1.165) is 5.69 Å². The lowest BCUT2D eigenvalue weighted by Gasteiger charge is -2.29. The van der Waals surface area contributed by atoms with Crippen molar-refractivity contribution in [2.75, 3.05) is 19.4 Å². The highest BCUT2D eigenvalue weighted by molar-refractivity contribution is 5.87. The minimum Gasteiger partial charge on any atom is -0.362 e. The number of fused-ring (bicyclic) bond motifs is 1. The van der Waals surface area contributed by atoms with Gasteiger partial charge in [0.05, 0.1) is 11.4 Å². The quantitative estimate of drug-likeness (QED) is 0.724. The number of anilines is 1. The van der Waals surface area contributed by atoms with E-state index in [9.17, 15) is 4.79 Å². The van der Waals surface area contributed by atoms with Crippen molar-refractivity contribution in [3.8, 4) is 0 Å². The molecule has 0 amide bonds. The first-order valence-corrected chi connectivity index (χ1v) is 7.99. The third kappa shape index (κ3) is 3.22. The third-order valence-electron chi connectivity index (χ3n) is 4.12. The van der Waals surface area contributed by atoms with Crippen LogP contribution in [0.15, 0.2) is 29.3 Å². The summed E-state index contributed by atoms with van der Waals surface area (Å²) in [5.74, 6) is 0.570. The Labute approximate surface area is 145 Å². The van der Waals surface area contributed by atoms with Crippen LogP contribution in [0.3, 0.4) is 0 Å². The van der Waals surface area contributed by atoms with Crippen molar-refractivity contribution in [3.63, 3.8) is 0 Å². The van der Waals surface area contributed by atoms with E-state index in [1.807, 2.05) is 34.3 Å². The van der Waals surface area contributed by atoms with Crippen molar-refractivity contribution in [2.24, 2.45) is 14.1 Å². The lowest BCUT2D eigenvalue weighted by atomic mass is 10.1. The van der Waals surface area contributed by atoms with Crippen LogP contribution in [0.5, 0.6) is 0 Å². The predicted octanol–water partition coefficient (Wildman–Crippen LogP) is 0.560. The van der Waals surface area contributed by atoms with Gasteiger partial charge in [0.25, 0.3) is 5.56 Å². The van der Waals surface area contributed by atoms with Gasteiger partial charge in [-0.1, -0.05) is 5.21 Å². The summed E-state index contributed by atoms with van der Waals surface area (Å²) in [6.07, 6.45) is 3.55. The first-order chi connectivity index (χ1) is 11.9. The minimum atomic E-state index is -0.167. The van der Waals surface area contributed by atoms with Gasteiger partial charge in [-0.2, -0.15) is 5.10 Å². The van der Waals surface area contributed by atoms with Gasteiger partial charge in [0.2, 0.25) is 0 Å². The molecule has 9 heteroatoms. The molecule has 3 rings (SSSR count). The number of nitrogens with one attached hydrogen (secondary N) is 1. The molecule has 132 valence electrons. The molecule has 2 atom stereocenters. The average Bonchev–Trinajstić information content (AvgIpc) is 2.98. The van der Waals surface area contributed by atoms with E-state index < -0.39 is 0 Å². The summed E-state index contributed by atoms with van der Waals surface area (Å²) in [6, 6.07) is 3.45. The summed E-state index contributed by atoms with van der Waals surface area (Å²) in [6.45, 7) is 2.04. The van der Waals surface area contributed by atoms with Crippen LogP contribution in [0.2, 0.25) is 0 Å². The van der Waals surface area contributed by atoms with Crippen molar-refractivity contribution >= 4 is 16.7 Å². The second-order valence-corrected chi connectivity index (χ2v) is 6.34. The van der Waals surface area contributed by atoms with Crippen molar-refractivity contribution in [1.29, 1.82) is 0 Å². The Kier molecular flexibility index (Phi) is 4.49. The molecule has 0 saturated carbocycles. The van der Waals surface area contributed by atoms with Gasteiger partial charge in [-0.05, 0) is 33.2 Å². The van der Waals surface area contributed by atoms with Crippen LogP contribution in [-0.4, -0.2) is 54.8 Å². The van der Waals surface area contributed by atoms with Gasteiger partial charge in [0.1, 0.15) is 11.2 Å². The molecule has 2 unspecified atom stereocenters. The summed E-state index contributed by atoms with van der Waals surface area (Å²) < 4.78 is 3.01. The lowest BCUT2D eigenvalue weighted by Crippen LogP contribution is -2.35. The van der Waals surface area contributed by atoms with Crippen LogP contribution in [0.25, 0.3) is 10.9 Å². The normalized spacial score (nSPS) is 14.0. The molecule has 0 aliphatic rings. The van der Waals surface area contributed by atoms with Gasteiger partial charge in [-0.3, -0.25) is 19.4 Å². The van der Waals surface area contributed by atoms with Gasteiger partial charge in [-0.15, -0.1) is 5.10 Å². The van der Waals surface area contributed by atoms with Gasteiger partial charge in [0.15, 0.2) is 5.82 Å². The Morgan fingerprint density at radius 2 is 2.04 bits per heavy atom. The molecule has 3 aromatic heterocycles. The standard InChI is InChI=1S/C16H22N8O/c1-10(14(22(2)3)12-9-23(4)21-19-12)18-15-13-11(7-6-8-17-13)16(25)24(5)20-15/h6-10,14H,1-5H3,(H,18,20). The van der Waals surface area contributed by atoms with Crippen molar-refractivity contribution in [3.05, 3.63) is 40.6 Å². The fourth-order valence-corrected chi connectivity index (χ4v) is 3.04. The molecule has 0 radical (unpaired) electrons. The number of aryl methyl sites for hydroxylation is 2. The monoisotopic (exact) mass is 342 g/mol. The zero-order valence-electron chi connectivity index (χ0n) is 15.0. The number of rotatable bonds is 5. The summed E-state index contributed by atoms with van der Waals surface area (Å²) >= 11 is 0. The number of likely N-dealkylation sites (N-methyl/N-ethyl adjacent to an activating group) is 1. The van der Waals surface area contributed by atoms with Crippen molar-refractivity contribution < 1.29 is 0 Å². The molecule has 0 aromatic carbocycles. The molecular weight excluding hydrogens is 320 g/mol. The zero-order chi connectivity index (χ0) is 18.1. The van der Waals surface area contributed by atoms with Crippen LogP contribution in [0.1, 0.15) is 18.7 Å². The number of hydrogen-bond donors (Lipinski definition) is 1. The van der Waals surface area contributed by atoms with E-state index in [1.165, 1.54) is 4.68 Å². The lowest BCUT2D eigenvalue weighted by molar-refractivity contribution is 0.269. The van der Waals surface area contributed by atoms with Crippen LogP contribution in [0.4, 0.5) is 5.82 Å². The van der Waals surface area contributed by atoms with E-state index in [1.54, 1.807) is 30.1 Å². The van der Waals surface area contributed by atoms with E-state index in [0.29, 0.717) is 16.7 Å². The molecule has 0 fully saturated rings. The van der Waals surface area contributed by atoms with Crippen LogP contribution in [0, 0.1) is 0 Å². The zero-order valence-corrected chi connectivity index (χ0v) is 15.0. The number of pyridine rings is 1. The molecule has 0 bridgehead atoms. The van der Waals surface area contributed by atoms with Crippen molar-refractivity contribution in [2.45, 2.75) is 19.0 Å². The average molecular weight is 342 g/mol. The Morgan fingerprint density at radius 1 is 1.28 bits per heavy atom. The minimum absolute atomic E-state index is 0.0218. The molecular formula is C16H22N8O. The van der Waals surface area contributed by atoms with E-state index in [-0.39, 0.29) is 17.6 Å². The van der Waals surface area contributed by atoms with Gasteiger partial charge < -0.3 is 5.32 Å². The SMILES string of the molecule is CC(Nc1nn(C)c(=O)c2cccnc12)C(c1cn(C)nn1)N(C)C. The van der Waals surface area contributed by atoms with Crippen molar-refractivity contribution in [1.82, 2.24) is 34.7 Å². The highest BCUT2D eigenvalue weighted by Crippen LogP contribution is 2.24. The third-order valence-corrected chi connectivity index (χ3v) is 4.12. The summed E-state index contributed by atoms with van der Waals surface area (Å²) in [5, 5.41) is 16.5. The second kappa shape index (κ2) is 6.60. The first kappa shape index (κ1) is 17.0. The second-order valence-electron chi connectivity index (χ2n) is 6.34. The smallest absolute Gasteiger partial charge is 0.276 e. The largest absolute Gasteiger partial charge is 0.362 e. The van der Waals surface area contributed by atoms with E-state index >= 15 is 0 Å². The van der Waals surface area contributed by atoms with Gasteiger partial charge in [-0.25, -0.2) is 4.68 Å². The molecule has 0 saturated heterocycles. The number of hydrogen-bond acceptors (Lipinski definition) is 7. The predicted molar refractivity (Wildman–Crippen MR) is 95.3 cm³/mol. The molecule has 0 aliphatic heterocycles. The fraction of sp³-hybridized carbons (Fsp3) is 0.438. The molecule has 9 nitrogen and oxygen atoms in total. The summed E-state index contributed by atoms with van der Waals surface area (Å²) in [7, 11) is 7.45. The topological polar surface area (TPSA) is 93.8 Å². The summed E-state index contributed by atoms with van der Waals surface area (Å²) in [4.78, 5) is 18.6. The Bertz CT molecular complexity index is 945. The summed E-state index contributed by atoms with van der Waals surface area (Å²) in [5.41, 5.74) is 1.25. The van der Waals surface area contributed by atoms with E-state index in [2.05, 4.69) is 30.6 Å². The number of nitrogens with zero attached hydrogens (tertiary/aromatic N) is 7. The highest BCUT2D eigenvalue weighted by atomic mass is 16.1. The maximum absolute atomic E-state index is 12.2. The molecule has 0 aliphatic carbocycles. The maximum Gasteiger partial charge on any atom is 0.276 e. The molecule has 1 N–H and O–H groups in total.